The molecule has 2 heterocycles. The van der Waals surface area contributed by atoms with Gasteiger partial charge in [0.2, 0.25) is 5.95 Å². The van der Waals surface area contributed by atoms with Crippen LogP contribution in [0.1, 0.15) is 30.1 Å². The SMILES string of the molecule is Cc1ccc(-c2ccc3c(=O)n(CC4CCC(c5ccccc5)O4)c(N)nc3c2)cc1. The fraction of sp³-hybridized carbons (Fsp3) is 0.231. The highest BCUT2D eigenvalue weighted by Gasteiger charge is 2.27. The zero-order valence-corrected chi connectivity index (χ0v) is 17.5. The van der Waals surface area contributed by atoms with E-state index in [9.17, 15) is 4.79 Å². The van der Waals surface area contributed by atoms with Gasteiger partial charge in [-0.15, -0.1) is 0 Å². The summed E-state index contributed by atoms with van der Waals surface area (Å²) >= 11 is 0. The Morgan fingerprint density at radius 3 is 2.52 bits per heavy atom. The normalized spacial score (nSPS) is 18.5. The third-order valence-electron chi connectivity index (χ3n) is 6.03. The quantitative estimate of drug-likeness (QED) is 0.520. The second-order valence-electron chi connectivity index (χ2n) is 8.22. The molecule has 2 N–H and O–H groups in total. The summed E-state index contributed by atoms with van der Waals surface area (Å²) < 4.78 is 7.76. The number of hydrogen-bond donors (Lipinski definition) is 1. The molecule has 3 aromatic carbocycles. The molecule has 2 unspecified atom stereocenters. The molecule has 4 aromatic rings. The molecule has 1 saturated heterocycles. The number of ether oxygens (including phenoxy) is 1. The van der Waals surface area contributed by atoms with E-state index in [2.05, 4.69) is 48.3 Å². The maximum atomic E-state index is 13.2. The summed E-state index contributed by atoms with van der Waals surface area (Å²) in [5.74, 6) is 0.227. The molecule has 1 aliphatic rings. The number of hydrogen-bond acceptors (Lipinski definition) is 4. The zero-order chi connectivity index (χ0) is 21.4. The summed E-state index contributed by atoms with van der Waals surface area (Å²) in [6.45, 7) is 2.47. The van der Waals surface area contributed by atoms with Crippen molar-refractivity contribution in [2.75, 3.05) is 5.73 Å². The van der Waals surface area contributed by atoms with E-state index in [4.69, 9.17) is 10.5 Å². The lowest BCUT2D eigenvalue weighted by molar-refractivity contribution is 0.0348. The van der Waals surface area contributed by atoms with Crippen LogP contribution in [0.4, 0.5) is 5.95 Å². The van der Waals surface area contributed by atoms with Gasteiger partial charge in [-0.2, -0.15) is 0 Å². The van der Waals surface area contributed by atoms with Crippen LogP contribution in [0, 0.1) is 6.92 Å². The lowest BCUT2D eigenvalue weighted by Gasteiger charge is -2.17. The summed E-state index contributed by atoms with van der Waals surface area (Å²) in [5.41, 5.74) is 11.2. The third-order valence-corrected chi connectivity index (χ3v) is 6.03. The molecule has 156 valence electrons. The number of aryl methyl sites for hydroxylation is 1. The minimum Gasteiger partial charge on any atom is -0.369 e. The van der Waals surface area contributed by atoms with Crippen LogP contribution in [-0.2, 0) is 11.3 Å². The average Bonchev–Trinajstić information content (AvgIpc) is 3.26. The molecule has 0 aliphatic carbocycles. The lowest BCUT2D eigenvalue weighted by atomic mass is 10.0. The van der Waals surface area contributed by atoms with Crippen molar-refractivity contribution in [1.82, 2.24) is 9.55 Å². The minimum atomic E-state index is -0.121. The van der Waals surface area contributed by atoms with Crippen LogP contribution >= 0.6 is 0 Å². The Morgan fingerprint density at radius 1 is 1.00 bits per heavy atom. The van der Waals surface area contributed by atoms with Gasteiger partial charge in [0.25, 0.3) is 5.56 Å². The molecule has 31 heavy (non-hydrogen) atoms. The van der Waals surface area contributed by atoms with Crippen LogP contribution in [0.3, 0.4) is 0 Å². The first kappa shape index (κ1) is 19.5. The first-order valence-electron chi connectivity index (χ1n) is 10.7. The Morgan fingerprint density at radius 2 is 1.74 bits per heavy atom. The maximum absolute atomic E-state index is 13.2. The average molecular weight is 412 g/mol. The van der Waals surface area contributed by atoms with E-state index in [0.29, 0.717) is 17.4 Å². The topological polar surface area (TPSA) is 70.1 Å². The minimum absolute atomic E-state index is 0.0590. The van der Waals surface area contributed by atoms with Crippen molar-refractivity contribution in [3.63, 3.8) is 0 Å². The monoisotopic (exact) mass is 411 g/mol. The van der Waals surface area contributed by atoms with Gasteiger partial charge in [-0.25, -0.2) is 4.98 Å². The molecule has 1 aliphatic heterocycles. The van der Waals surface area contributed by atoms with Crippen LogP contribution in [0.2, 0.25) is 0 Å². The predicted molar refractivity (Wildman–Crippen MR) is 124 cm³/mol. The van der Waals surface area contributed by atoms with E-state index in [1.165, 1.54) is 11.1 Å². The van der Waals surface area contributed by atoms with Gasteiger partial charge in [0.05, 0.1) is 29.7 Å². The van der Waals surface area contributed by atoms with Crippen LogP contribution in [0.25, 0.3) is 22.0 Å². The van der Waals surface area contributed by atoms with E-state index >= 15 is 0 Å². The fourth-order valence-electron chi connectivity index (χ4n) is 4.30. The molecule has 0 bridgehead atoms. The summed E-state index contributed by atoms with van der Waals surface area (Å²) in [6, 6.07) is 24.2. The zero-order valence-electron chi connectivity index (χ0n) is 17.5. The summed E-state index contributed by atoms with van der Waals surface area (Å²) in [6.07, 6.45) is 1.82. The second-order valence-corrected chi connectivity index (χ2v) is 8.22. The molecule has 0 amide bonds. The predicted octanol–water partition coefficient (Wildman–Crippen LogP) is 4.87. The molecular formula is C26H25N3O2. The van der Waals surface area contributed by atoms with E-state index in [1.807, 2.05) is 36.4 Å². The number of nitrogens with two attached hydrogens (primary N) is 1. The highest BCUT2D eigenvalue weighted by molar-refractivity contribution is 5.84. The first-order valence-corrected chi connectivity index (χ1v) is 10.7. The van der Waals surface area contributed by atoms with E-state index in [-0.39, 0.29) is 23.7 Å². The van der Waals surface area contributed by atoms with Crippen molar-refractivity contribution < 1.29 is 4.74 Å². The Balaban J connectivity index is 1.42. The van der Waals surface area contributed by atoms with Crippen molar-refractivity contribution in [1.29, 1.82) is 0 Å². The van der Waals surface area contributed by atoms with Gasteiger partial charge < -0.3 is 10.5 Å². The van der Waals surface area contributed by atoms with Gasteiger partial charge in [-0.3, -0.25) is 9.36 Å². The van der Waals surface area contributed by atoms with Gasteiger partial charge in [0, 0.05) is 0 Å². The van der Waals surface area contributed by atoms with Gasteiger partial charge >= 0.3 is 0 Å². The standard InChI is InChI=1S/C26H25N3O2/c1-17-7-9-18(10-8-17)20-11-13-22-23(15-20)28-26(27)29(25(22)30)16-21-12-14-24(31-21)19-5-3-2-4-6-19/h2-11,13,15,21,24H,12,14,16H2,1H3,(H2,27,28). The van der Waals surface area contributed by atoms with Crippen LogP contribution in [-0.4, -0.2) is 15.7 Å². The van der Waals surface area contributed by atoms with Crippen molar-refractivity contribution in [2.45, 2.75) is 38.5 Å². The van der Waals surface area contributed by atoms with Crippen LogP contribution in [0.5, 0.6) is 0 Å². The molecule has 0 radical (unpaired) electrons. The molecule has 0 spiro atoms. The molecule has 5 rings (SSSR count). The molecule has 0 saturated carbocycles. The Labute approximate surface area is 181 Å². The molecule has 2 atom stereocenters. The Hall–Kier alpha value is -3.44. The smallest absolute Gasteiger partial charge is 0.262 e. The van der Waals surface area contributed by atoms with Gasteiger partial charge in [-0.1, -0.05) is 66.2 Å². The van der Waals surface area contributed by atoms with E-state index in [0.717, 1.165) is 24.0 Å². The van der Waals surface area contributed by atoms with E-state index in [1.54, 1.807) is 4.57 Å². The number of anilines is 1. The van der Waals surface area contributed by atoms with Gasteiger partial charge in [0.1, 0.15) is 0 Å². The van der Waals surface area contributed by atoms with E-state index < -0.39 is 0 Å². The summed E-state index contributed by atoms with van der Waals surface area (Å²) in [4.78, 5) is 17.7. The fourth-order valence-corrected chi connectivity index (χ4v) is 4.30. The van der Waals surface area contributed by atoms with Crippen LogP contribution in [0.15, 0.2) is 77.6 Å². The van der Waals surface area contributed by atoms with Crippen molar-refractivity contribution in [2.24, 2.45) is 0 Å². The highest BCUT2D eigenvalue weighted by atomic mass is 16.5. The summed E-state index contributed by atoms with van der Waals surface area (Å²) in [5, 5.41) is 0.572. The third kappa shape index (κ3) is 3.84. The van der Waals surface area contributed by atoms with Crippen molar-refractivity contribution >= 4 is 16.9 Å². The molecule has 5 heteroatoms. The highest BCUT2D eigenvalue weighted by Crippen LogP contribution is 2.33. The largest absolute Gasteiger partial charge is 0.369 e. The summed E-state index contributed by atoms with van der Waals surface area (Å²) in [7, 11) is 0. The van der Waals surface area contributed by atoms with Gasteiger partial charge in [-0.05, 0) is 48.6 Å². The van der Waals surface area contributed by atoms with Gasteiger partial charge in [0.15, 0.2) is 0 Å². The number of aromatic nitrogens is 2. The second kappa shape index (κ2) is 8.00. The lowest BCUT2D eigenvalue weighted by Crippen LogP contribution is -2.29. The number of benzene rings is 3. The maximum Gasteiger partial charge on any atom is 0.262 e. The molecule has 1 fully saturated rings. The van der Waals surface area contributed by atoms with Crippen molar-refractivity contribution in [3.05, 3.63) is 94.3 Å². The number of fused-ring (bicyclic) bond motifs is 1. The molecule has 1 aromatic heterocycles. The molecule has 5 nitrogen and oxygen atoms in total. The number of rotatable bonds is 4. The van der Waals surface area contributed by atoms with Crippen LogP contribution < -0.4 is 11.3 Å². The van der Waals surface area contributed by atoms with Crippen molar-refractivity contribution in [3.8, 4) is 11.1 Å². The Bertz CT molecular complexity index is 1280. The Kier molecular flexibility index (Phi) is 5.04. The molecular weight excluding hydrogens is 386 g/mol. The number of nitrogen functional groups attached to an aromatic ring is 1. The number of nitrogens with zero attached hydrogens (tertiary/aromatic N) is 2. The first-order chi connectivity index (χ1) is 15.1.